The van der Waals surface area contributed by atoms with E-state index in [0.717, 1.165) is 74.6 Å². The second-order valence-corrected chi connectivity index (χ2v) is 17.8. The molecule has 0 spiro atoms. The summed E-state index contributed by atoms with van der Waals surface area (Å²) < 4.78 is 37.6. The number of benzene rings is 2. The molecular weight excluding hydrogens is 704 g/mol. The van der Waals surface area contributed by atoms with Crippen molar-refractivity contribution >= 4 is 92.3 Å². The molecule has 4 heterocycles. The molecule has 4 aromatic heterocycles. The number of ether oxygens (including phenoxy) is 3. The van der Waals surface area contributed by atoms with Crippen LogP contribution < -0.4 is 9.47 Å². The van der Waals surface area contributed by atoms with E-state index < -0.39 is 11.8 Å². The number of thiophene rings is 4. The Morgan fingerprint density at radius 2 is 1.32 bits per heavy atom. The van der Waals surface area contributed by atoms with Crippen LogP contribution in [0, 0.1) is 19.7 Å². The summed E-state index contributed by atoms with van der Waals surface area (Å²) in [5, 5.41) is 4.89. The quantitative estimate of drug-likeness (QED) is 0.0610. The maximum atomic E-state index is 15.9. The van der Waals surface area contributed by atoms with Gasteiger partial charge in [0, 0.05) is 40.9 Å². The third-order valence-electron chi connectivity index (χ3n) is 9.28. The number of esters is 1. The molecule has 268 valence electrons. The van der Waals surface area contributed by atoms with Gasteiger partial charge in [0.1, 0.15) is 16.4 Å². The van der Waals surface area contributed by atoms with Crippen molar-refractivity contribution in [3.8, 4) is 21.3 Å². The van der Waals surface area contributed by atoms with Crippen LogP contribution in [0.2, 0.25) is 0 Å². The summed E-state index contributed by atoms with van der Waals surface area (Å²) in [7, 11) is 0. The monoisotopic (exact) mass is 752 g/mol. The summed E-state index contributed by atoms with van der Waals surface area (Å²) in [5.41, 5.74) is 0. The highest BCUT2D eigenvalue weighted by molar-refractivity contribution is 7.30. The lowest BCUT2D eigenvalue weighted by molar-refractivity contribution is 0.0527. The first-order valence-corrected chi connectivity index (χ1v) is 21.7. The van der Waals surface area contributed by atoms with Gasteiger partial charge in [0.2, 0.25) is 0 Å². The average Bonchev–Trinajstić information content (AvgIpc) is 3.86. The minimum Gasteiger partial charge on any atom is -0.492 e. The first kappa shape index (κ1) is 37.1. The van der Waals surface area contributed by atoms with Crippen molar-refractivity contribution in [1.29, 1.82) is 0 Å². The molecule has 9 heteroatoms. The number of halogens is 1. The highest BCUT2D eigenvalue weighted by Gasteiger charge is 2.27. The number of unbranched alkanes of at least 4 members (excludes halogenated alkanes) is 10. The van der Waals surface area contributed by atoms with Gasteiger partial charge in [-0.1, -0.05) is 78.1 Å². The predicted octanol–water partition coefficient (Wildman–Crippen LogP) is 14.6. The maximum Gasteiger partial charge on any atom is 0.351 e. The smallest absolute Gasteiger partial charge is 0.351 e. The molecule has 0 saturated carbocycles. The molecule has 0 N–H and O–H groups in total. The van der Waals surface area contributed by atoms with Crippen LogP contribution in [0.1, 0.15) is 117 Å². The molecule has 6 rings (SSSR count). The first-order valence-electron chi connectivity index (χ1n) is 18.4. The summed E-state index contributed by atoms with van der Waals surface area (Å²) in [4.78, 5) is 16.7. The van der Waals surface area contributed by atoms with Crippen molar-refractivity contribution in [1.82, 2.24) is 0 Å². The molecule has 0 aliphatic carbocycles. The Bertz CT molecular complexity index is 1990. The molecule has 50 heavy (non-hydrogen) atoms. The molecule has 0 bridgehead atoms. The van der Waals surface area contributed by atoms with Gasteiger partial charge in [0.15, 0.2) is 5.82 Å². The highest BCUT2D eigenvalue weighted by Crippen LogP contribution is 2.51. The average molecular weight is 753 g/mol. The van der Waals surface area contributed by atoms with Crippen LogP contribution in [0.3, 0.4) is 0 Å². The fourth-order valence-corrected chi connectivity index (χ4v) is 11.3. The summed E-state index contributed by atoms with van der Waals surface area (Å²) in [6.07, 6.45) is 14.6. The van der Waals surface area contributed by atoms with Gasteiger partial charge in [-0.2, -0.15) is 0 Å². The number of hydrogen-bond donors (Lipinski definition) is 0. The van der Waals surface area contributed by atoms with Crippen molar-refractivity contribution in [2.45, 2.75) is 112 Å². The molecule has 0 aliphatic heterocycles. The van der Waals surface area contributed by atoms with Gasteiger partial charge in [0.05, 0.1) is 34.1 Å². The number of hydrogen-bond acceptors (Lipinski definition) is 8. The highest BCUT2D eigenvalue weighted by atomic mass is 32.1. The van der Waals surface area contributed by atoms with Crippen molar-refractivity contribution in [3.05, 3.63) is 44.7 Å². The van der Waals surface area contributed by atoms with Crippen LogP contribution in [0.4, 0.5) is 4.39 Å². The standard InChI is InChI=1S/C41H49FO4S4/c1-6-9-11-13-15-17-19-45-35-29-24-31-27(22-28(29)36(38-30(35)21-25(4)47-38)46-20-18-16-14-12-10-7-2)23-32(49-31)39-33-34(42)40(41(43)44-8-3)50-37(33)26(5)48-39/h21-24H,6-20H2,1-5H3. The van der Waals surface area contributed by atoms with Gasteiger partial charge in [0.25, 0.3) is 0 Å². The Kier molecular flexibility index (Phi) is 12.7. The van der Waals surface area contributed by atoms with Crippen LogP contribution in [-0.2, 0) is 4.74 Å². The molecule has 2 aromatic carbocycles. The zero-order valence-corrected chi connectivity index (χ0v) is 33.3. The van der Waals surface area contributed by atoms with E-state index in [-0.39, 0.29) is 11.5 Å². The number of fused-ring (bicyclic) bond motifs is 4. The Morgan fingerprint density at radius 3 is 2.00 bits per heavy atom. The zero-order chi connectivity index (χ0) is 35.2. The summed E-state index contributed by atoms with van der Waals surface area (Å²) >= 11 is 6.22. The molecule has 0 radical (unpaired) electrons. The minimum atomic E-state index is -0.596. The maximum absolute atomic E-state index is 15.9. The lowest BCUT2D eigenvalue weighted by atomic mass is 10.0. The topological polar surface area (TPSA) is 44.8 Å². The number of rotatable bonds is 19. The van der Waals surface area contributed by atoms with E-state index in [0.29, 0.717) is 18.6 Å². The van der Waals surface area contributed by atoms with E-state index in [4.69, 9.17) is 14.2 Å². The second-order valence-electron chi connectivity index (χ2n) is 13.2. The molecule has 4 nitrogen and oxygen atoms in total. The van der Waals surface area contributed by atoms with Crippen LogP contribution in [0.25, 0.3) is 50.8 Å². The van der Waals surface area contributed by atoms with Crippen molar-refractivity contribution in [3.63, 3.8) is 0 Å². The van der Waals surface area contributed by atoms with Crippen molar-refractivity contribution in [2.24, 2.45) is 0 Å². The van der Waals surface area contributed by atoms with Gasteiger partial charge in [-0.3, -0.25) is 0 Å². The Labute approximate surface area is 311 Å². The van der Waals surface area contributed by atoms with Crippen molar-refractivity contribution in [2.75, 3.05) is 19.8 Å². The number of aryl methyl sites for hydroxylation is 2. The summed E-state index contributed by atoms with van der Waals surface area (Å²) in [6, 6.07) is 8.93. The Morgan fingerprint density at radius 1 is 0.680 bits per heavy atom. The molecule has 0 atom stereocenters. The summed E-state index contributed by atoms with van der Waals surface area (Å²) in [6.45, 7) is 12.0. The normalized spacial score (nSPS) is 11.9. The van der Waals surface area contributed by atoms with E-state index in [1.165, 1.54) is 80.4 Å². The number of carbonyl (C=O) groups excluding carboxylic acids is 1. The Hall–Kier alpha value is -2.72. The van der Waals surface area contributed by atoms with Crippen LogP contribution in [0.5, 0.6) is 11.5 Å². The van der Waals surface area contributed by atoms with Crippen molar-refractivity contribution < 1.29 is 23.4 Å². The van der Waals surface area contributed by atoms with Gasteiger partial charge >= 0.3 is 5.97 Å². The largest absolute Gasteiger partial charge is 0.492 e. The third-order valence-corrected chi connectivity index (χ3v) is 14.1. The summed E-state index contributed by atoms with van der Waals surface area (Å²) in [5.74, 6) is 0.813. The first-order chi connectivity index (χ1) is 24.4. The Balaban J connectivity index is 1.41. The predicted molar refractivity (Wildman–Crippen MR) is 217 cm³/mol. The van der Waals surface area contributed by atoms with E-state index in [2.05, 4.69) is 45.0 Å². The third kappa shape index (κ3) is 7.86. The molecule has 0 unspecified atom stereocenters. The number of carbonyl (C=O) groups is 1. The SMILES string of the molecule is CCCCCCCCOc1c2cc3sc(-c4sc(C)c5sc(C(=O)OCC)c(F)c45)cc3cc2c(OCCCCCCCC)c2sc(C)cc12. The minimum absolute atomic E-state index is 0.0514. The molecule has 0 saturated heterocycles. The van der Waals surface area contributed by atoms with E-state index in [1.54, 1.807) is 40.9 Å². The fourth-order valence-electron chi connectivity index (χ4n) is 6.72. The van der Waals surface area contributed by atoms with Gasteiger partial charge in [-0.05, 0) is 63.3 Å². The zero-order valence-electron chi connectivity index (χ0n) is 30.1. The van der Waals surface area contributed by atoms with Gasteiger partial charge in [-0.25, -0.2) is 9.18 Å². The molecule has 6 aromatic rings. The van der Waals surface area contributed by atoms with Gasteiger partial charge in [-0.15, -0.1) is 45.3 Å². The fraction of sp³-hybridized carbons (Fsp3) is 0.488. The van der Waals surface area contributed by atoms with E-state index >= 15 is 4.39 Å². The van der Waals surface area contributed by atoms with Gasteiger partial charge < -0.3 is 14.2 Å². The lowest BCUT2D eigenvalue weighted by Gasteiger charge is -2.16. The van der Waals surface area contributed by atoms with Crippen LogP contribution >= 0.6 is 45.3 Å². The molecule has 0 aliphatic rings. The van der Waals surface area contributed by atoms with E-state index in [9.17, 15) is 4.79 Å². The van der Waals surface area contributed by atoms with Crippen LogP contribution in [-0.4, -0.2) is 25.8 Å². The second kappa shape index (κ2) is 17.2. The van der Waals surface area contributed by atoms with E-state index in [1.807, 2.05) is 6.92 Å². The molecular formula is C41H49FO4S4. The lowest BCUT2D eigenvalue weighted by Crippen LogP contribution is -2.03. The van der Waals surface area contributed by atoms with Crippen LogP contribution in [0.15, 0.2) is 24.3 Å². The molecule has 0 fully saturated rings. The molecule has 0 amide bonds.